The molecule has 1 aromatic carbocycles. The maximum atomic E-state index is 14.1. The van der Waals surface area contributed by atoms with Crippen molar-refractivity contribution in [2.24, 2.45) is 0 Å². The van der Waals surface area contributed by atoms with Gasteiger partial charge in [-0.15, -0.1) is 0 Å². The number of halogens is 1. The van der Waals surface area contributed by atoms with Crippen molar-refractivity contribution >= 4 is 29.2 Å². The van der Waals surface area contributed by atoms with Crippen LogP contribution in [0.5, 0.6) is 0 Å². The summed E-state index contributed by atoms with van der Waals surface area (Å²) >= 11 is 0. The van der Waals surface area contributed by atoms with Crippen LogP contribution in [0.1, 0.15) is 31.3 Å². The molecule has 0 aliphatic rings. The van der Waals surface area contributed by atoms with Crippen LogP contribution < -0.4 is 10.6 Å². The summed E-state index contributed by atoms with van der Waals surface area (Å²) in [6, 6.07) is 6.53. The van der Waals surface area contributed by atoms with Gasteiger partial charge in [-0.2, -0.15) is 0 Å². The van der Waals surface area contributed by atoms with Gasteiger partial charge in [0, 0.05) is 24.3 Å². The summed E-state index contributed by atoms with van der Waals surface area (Å²) in [5, 5.41) is 13.9. The Morgan fingerprint density at radius 3 is 2.29 bits per heavy atom. The fourth-order valence-corrected chi connectivity index (χ4v) is 2.26. The smallest absolute Gasteiger partial charge is 0.356 e. The Morgan fingerprint density at radius 1 is 0.893 bits per heavy atom. The number of hydrogen-bond acceptors (Lipinski definition) is 6. The van der Waals surface area contributed by atoms with Gasteiger partial charge >= 0.3 is 5.97 Å². The first kappa shape index (κ1) is 18.6. The molecular weight excluding hydrogens is 369 g/mol. The quantitative estimate of drug-likeness (QED) is 0.617. The third-order valence-electron chi connectivity index (χ3n) is 3.50. The van der Waals surface area contributed by atoms with E-state index < -0.39 is 35.0 Å². The fourth-order valence-electron chi connectivity index (χ4n) is 2.26. The van der Waals surface area contributed by atoms with Crippen LogP contribution in [-0.4, -0.2) is 37.8 Å². The van der Waals surface area contributed by atoms with Crippen molar-refractivity contribution in [1.82, 2.24) is 15.0 Å². The minimum atomic E-state index is -1.42. The Labute approximate surface area is 157 Å². The Hall–Kier alpha value is -4.21. The van der Waals surface area contributed by atoms with E-state index in [0.717, 1.165) is 18.3 Å². The molecule has 10 heteroatoms. The topological polar surface area (TPSA) is 134 Å². The van der Waals surface area contributed by atoms with Crippen LogP contribution in [0.25, 0.3) is 0 Å². The van der Waals surface area contributed by atoms with Gasteiger partial charge in [-0.1, -0.05) is 0 Å². The molecule has 0 saturated carbocycles. The number of nitrogens with one attached hydrogen (secondary N) is 2. The van der Waals surface area contributed by atoms with Gasteiger partial charge in [-0.05, 0) is 30.3 Å². The molecule has 2 heterocycles. The number of carboxylic acid groups (broad SMARTS) is 1. The average molecular weight is 381 g/mol. The van der Waals surface area contributed by atoms with Crippen LogP contribution in [0, 0.1) is 5.82 Å². The summed E-state index contributed by atoms with van der Waals surface area (Å²) in [6.45, 7) is 0. The number of aromatic nitrogens is 3. The van der Waals surface area contributed by atoms with E-state index in [0.29, 0.717) is 5.69 Å². The van der Waals surface area contributed by atoms with Crippen molar-refractivity contribution in [3.63, 3.8) is 0 Å². The molecule has 0 bridgehead atoms. The molecule has 0 fully saturated rings. The van der Waals surface area contributed by atoms with Crippen molar-refractivity contribution in [3.8, 4) is 0 Å². The molecule has 0 aliphatic heterocycles. The Morgan fingerprint density at radius 2 is 1.61 bits per heavy atom. The van der Waals surface area contributed by atoms with Crippen molar-refractivity contribution in [3.05, 3.63) is 77.9 Å². The predicted octanol–water partition coefficient (Wildman–Crippen LogP) is 2.21. The number of nitrogens with zero attached hydrogens (tertiary/aromatic N) is 3. The summed E-state index contributed by atoms with van der Waals surface area (Å²) in [6.07, 6.45) is 5.21. The van der Waals surface area contributed by atoms with E-state index in [1.165, 1.54) is 24.7 Å². The van der Waals surface area contributed by atoms with Gasteiger partial charge in [-0.25, -0.2) is 19.2 Å². The van der Waals surface area contributed by atoms with Gasteiger partial charge in [0.15, 0.2) is 11.4 Å². The van der Waals surface area contributed by atoms with E-state index in [1.807, 2.05) is 0 Å². The summed E-state index contributed by atoms with van der Waals surface area (Å²) in [5.74, 6) is -3.83. The number of pyridine rings is 1. The highest BCUT2D eigenvalue weighted by molar-refractivity contribution is 6.09. The molecule has 0 aliphatic carbocycles. The predicted molar refractivity (Wildman–Crippen MR) is 95.5 cm³/mol. The Bertz CT molecular complexity index is 1060. The van der Waals surface area contributed by atoms with Gasteiger partial charge in [-0.3, -0.25) is 14.6 Å². The van der Waals surface area contributed by atoms with E-state index in [2.05, 4.69) is 25.6 Å². The Balaban J connectivity index is 1.83. The monoisotopic (exact) mass is 381 g/mol. The van der Waals surface area contributed by atoms with Gasteiger partial charge in [0.2, 0.25) is 0 Å². The Kier molecular flexibility index (Phi) is 5.30. The molecule has 2 aromatic heterocycles. The molecule has 3 N–H and O–H groups in total. The highest BCUT2D eigenvalue weighted by Gasteiger charge is 2.20. The second-order valence-corrected chi connectivity index (χ2v) is 5.40. The lowest BCUT2D eigenvalue weighted by molar-refractivity contribution is 0.0684. The van der Waals surface area contributed by atoms with Gasteiger partial charge in [0.1, 0.15) is 5.82 Å². The molecule has 3 aromatic rings. The summed E-state index contributed by atoms with van der Waals surface area (Å²) < 4.78 is 14.1. The molecule has 0 spiro atoms. The SMILES string of the molecule is O=C(Nc1cccnc1)c1cc(NC(=O)c2nccnc2C(=O)O)ccc1F. The maximum absolute atomic E-state index is 14.1. The molecule has 3 rings (SSSR count). The number of rotatable bonds is 5. The number of hydrogen-bond donors (Lipinski definition) is 3. The molecule has 2 amide bonds. The molecule has 0 saturated heterocycles. The highest BCUT2D eigenvalue weighted by Crippen LogP contribution is 2.18. The lowest BCUT2D eigenvalue weighted by Gasteiger charge is -2.09. The number of carboxylic acids is 1. The molecule has 9 nitrogen and oxygen atoms in total. The number of anilines is 2. The van der Waals surface area contributed by atoms with E-state index >= 15 is 0 Å². The second kappa shape index (κ2) is 7.99. The van der Waals surface area contributed by atoms with Crippen LogP contribution in [0.2, 0.25) is 0 Å². The van der Waals surface area contributed by atoms with E-state index in [4.69, 9.17) is 5.11 Å². The van der Waals surface area contributed by atoms with Crippen LogP contribution in [0.3, 0.4) is 0 Å². The minimum absolute atomic E-state index is 0.0738. The first-order chi connectivity index (χ1) is 13.5. The lowest BCUT2D eigenvalue weighted by atomic mass is 10.1. The number of aromatic carboxylic acids is 1. The third-order valence-corrected chi connectivity index (χ3v) is 3.50. The molecule has 28 heavy (non-hydrogen) atoms. The maximum Gasteiger partial charge on any atom is 0.356 e. The highest BCUT2D eigenvalue weighted by atomic mass is 19.1. The number of carbonyl (C=O) groups excluding carboxylic acids is 2. The first-order valence-corrected chi connectivity index (χ1v) is 7.82. The van der Waals surface area contributed by atoms with Crippen LogP contribution in [-0.2, 0) is 0 Å². The standard InChI is InChI=1S/C18H12FN5O4/c19-13-4-3-10(8-12(13)16(25)24-11-2-1-5-20-9-11)23-17(26)14-15(18(27)28)22-7-6-21-14/h1-9H,(H,23,26)(H,24,25)(H,27,28). The molecule has 140 valence electrons. The molecular formula is C18H12FN5O4. The lowest BCUT2D eigenvalue weighted by Crippen LogP contribution is -2.20. The summed E-state index contributed by atoms with van der Waals surface area (Å²) in [5.41, 5.74) is -0.826. The first-order valence-electron chi connectivity index (χ1n) is 7.82. The number of benzene rings is 1. The van der Waals surface area contributed by atoms with Gasteiger partial charge in [0.05, 0.1) is 17.4 Å². The fraction of sp³-hybridized carbons (Fsp3) is 0. The largest absolute Gasteiger partial charge is 0.476 e. The molecule has 0 unspecified atom stereocenters. The van der Waals surface area contributed by atoms with Gasteiger partial charge in [0.25, 0.3) is 11.8 Å². The van der Waals surface area contributed by atoms with Crippen molar-refractivity contribution in [1.29, 1.82) is 0 Å². The zero-order chi connectivity index (χ0) is 20.1. The van der Waals surface area contributed by atoms with Crippen LogP contribution in [0.15, 0.2) is 55.1 Å². The van der Waals surface area contributed by atoms with Crippen LogP contribution in [0.4, 0.5) is 15.8 Å². The number of amides is 2. The van der Waals surface area contributed by atoms with Crippen molar-refractivity contribution in [2.45, 2.75) is 0 Å². The average Bonchev–Trinajstić information content (AvgIpc) is 2.70. The number of carbonyl (C=O) groups is 3. The van der Waals surface area contributed by atoms with Gasteiger partial charge < -0.3 is 15.7 Å². The van der Waals surface area contributed by atoms with E-state index in [-0.39, 0.29) is 11.3 Å². The normalized spacial score (nSPS) is 10.2. The third kappa shape index (κ3) is 4.12. The summed E-state index contributed by atoms with van der Waals surface area (Å²) in [4.78, 5) is 46.9. The van der Waals surface area contributed by atoms with E-state index in [1.54, 1.807) is 12.1 Å². The van der Waals surface area contributed by atoms with Crippen LogP contribution >= 0.6 is 0 Å². The molecule has 0 radical (unpaired) electrons. The van der Waals surface area contributed by atoms with Crippen molar-refractivity contribution < 1.29 is 23.9 Å². The second-order valence-electron chi connectivity index (χ2n) is 5.40. The molecule has 0 atom stereocenters. The van der Waals surface area contributed by atoms with Crippen molar-refractivity contribution in [2.75, 3.05) is 10.6 Å². The van der Waals surface area contributed by atoms with E-state index in [9.17, 15) is 18.8 Å². The zero-order valence-corrected chi connectivity index (χ0v) is 14.1. The minimum Gasteiger partial charge on any atom is -0.476 e. The summed E-state index contributed by atoms with van der Waals surface area (Å²) in [7, 11) is 0. The zero-order valence-electron chi connectivity index (χ0n) is 14.1.